The van der Waals surface area contributed by atoms with E-state index in [4.69, 9.17) is 34.8 Å². The van der Waals surface area contributed by atoms with Gasteiger partial charge in [-0.15, -0.1) is 0 Å². The molecule has 1 aliphatic heterocycles. The molecule has 1 aliphatic rings. The molecule has 5 nitrogen and oxygen atoms in total. The third kappa shape index (κ3) is 6.19. The quantitative estimate of drug-likeness (QED) is 0.548. The first kappa shape index (κ1) is 21.1. The van der Waals surface area contributed by atoms with Crippen LogP contribution in [0.5, 0.6) is 0 Å². The molecule has 1 fully saturated rings. The van der Waals surface area contributed by atoms with Crippen molar-refractivity contribution >= 4 is 46.9 Å². The molecule has 3 rings (SSSR count). The van der Waals surface area contributed by atoms with Crippen molar-refractivity contribution in [2.45, 2.75) is 6.54 Å². The van der Waals surface area contributed by atoms with Crippen molar-refractivity contribution in [3.63, 3.8) is 0 Å². The van der Waals surface area contributed by atoms with Gasteiger partial charge in [0.15, 0.2) is 0 Å². The lowest BCUT2D eigenvalue weighted by Gasteiger charge is -2.34. The van der Waals surface area contributed by atoms with E-state index >= 15 is 0 Å². The number of carbonyl (C=O) groups is 1. The molecule has 1 heterocycles. The zero-order chi connectivity index (χ0) is 19.9. The molecule has 0 aliphatic carbocycles. The number of hydrogen-bond acceptors (Lipinski definition) is 4. The van der Waals surface area contributed by atoms with Gasteiger partial charge < -0.3 is 0 Å². The lowest BCUT2D eigenvalue weighted by Crippen LogP contribution is -2.48. The standard InChI is InChI=1S/C20H21Cl3N4O/c21-17-4-2-1-3-16(17)13-26-7-9-27(10-8-26)14-20(28)25-24-12-15-5-6-18(22)19(23)11-15/h1-6,11-12H,7-10,13-14H2,(H,25,28)/b24-12-. The molecule has 0 atom stereocenters. The predicted molar refractivity (Wildman–Crippen MR) is 115 cm³/mol. The second kappa shape index (κ2) is 10.2. The second-order valence-electron chi connectivity index (χ2n) is 6.61. The Labute approximate surface area is 179 Å². The summed E-state index contributed by atoms with van der Waals surface area (Å²) >= 11 is 18.1. The fourth-order valence-electron chi connectivity index (χ4n) is 2.98. The summed E-state index contributed by atoms with van der Waals surface area (Å²) in [6, 6.07) is 13.1. The number of hydrazone groups is 1. The van der Waals surface area contributed by atoms with Crippen molar-refractivity contribution in [1.82, 2.24) is 15.2 Å². The highest BCUT2D eigenvalue weighted by Gasteiger charge is 2.19. The summed E-state index contributed by atoms with van der Waals surface area (Å²) in [6.45, 7) is 4.59. The number of halogens is 3. The van der Waals surface area contributed by atoms with Crippen molar-refractivity contribution < 1.29 is 4.79 Å². The zero-order valence-corrected chi connectivity index (χ0v) is 17.5. The summed E-state index contributed by atoms with van der Waals surface area (Å²) in [5.41, 5.74) is 4.45. The molecule has 2 aromatic carbocycles. The van der Waals surface area contributed by atoms with Crippen molar-refractivity contribution in [3.8, 4) is 0 Å². The van der Waals surface area contributed by atoms with Crippen molar-refractivity contribution in [3.05, 3.63) is 68.7 Å². The second-order valence-corrected chi connectivity index (χ2v) is 7.83. The number of nitrogens with one attached hydrogen (secondary N) is 1. The smallest absolute Gasteiger partial charge is 0.254 e. The molecule has 2 aromatic rings. The molecule has 28 heavy (non-hydrogen) atoms. The van der Waals surface area contributed by atoms with Crippen LogP contribution in [0.4, 0.5) is 0 Å². The first-order valence-corrected chi connectivity index (χ1v) is 10.1. The third-order valence-corrected chi connectivity index (χ3v) is 5.64. The van der Waals surface area contributed by atoms with Gasteiger partial charge in [-0.05, 0) is 29.3 Å². The Morgan fingerprint density at radius 1 is 0.964 bits per heavy atom. The Morgan fingerprint density at radius 2 is 1.68 bits per heavy atom. The van der Waals surface area contributed by atoms with Gasteiger partial charge in [-0.25, -0.2) is 5.43 Å². The molecule has 0 spiro atoms. The van der Waals surface area contributed by atoms with Crippen LogP contribution in [0.3, 0.4) is 0 Å². The van der Waals surface area contributed by atoms with E-state index in [9.17, 15) is 4.79 Å². The molecule has 0 bridgehead atoms. The maximum absolute atomic E-state index is 12.1. The summed E-state index contributed by atoms with van der Waals surface area (Å²) in [6.07, 6.45) is 1.54. The normalized spacial score (nSPS) is 15.8. The Morgan fingerprint density at radius 3 is 2.39 bits per heavy atom. The lowest BCUT2D eigenvalue weighted by atomic mass is 10.2. The molecule has 1 N–H and O–H groups in total. The van der Waals surface area contributed by atoms with Gasteiger partial charge in [0.1, 0.15) is 0 Å². The molecule has 1 amide bonds. The van der Waals surface area contributed by atoms with Crippen LogP contribution in [-0.4, -0.2) is 54.6 Å². The number of benzene rings is 2. The highest BCUT2D eigenvalue weighted by atomic mass is 35.5. The van der Waals surface area contributed by atoms with Crippen LogP contribution in [0.25, 0.3) is 0 Å². The van der Waals surface area contributed by atoms with Crippen LogP contribution in [0.1, 0.15) is 11.1 Å². The van der Waals surface area contributed by atoms with E-state index in [1.54, 1.807) is 24.4 Å². The molecular formula is C20H21Cl3N4O. The zero-order valence-electron chi connectivity index (χ0n) is 15.2. The SMILES string of the molecule is O=C(CN1CCN(Cc2ccccc2Cl)CC1)N/N=C\c1ccc(Cl)c(Cl)c1. The molecule has 0 unspecified atom stereocenters. The molecule has 1 saturated heterocycles. The van der Waals surface area contributed by atoms with Crippen molar-refractivity contribution in [2.24, 2.45) is 5.10 Å². The minimum Gasteiger partial charge on any atom is -0.296 e. The summed E-state index contributed by atoms with van der Waals surface area (Å²) < 4.78 is 0. The molecule has 0 saturated carbocycles. The summed E-state index contributed by atoms with van der Waals surface area (Å²) in [5, 5.41) is 5.71. The highest BCUT2D eigenvalue weighted by molar-refractivity contribution is 6.42. The Hall–Kier alpha value is -1.63. The van der Waals surface area contributed by atoms with Gasteiger partial charge in [0.2, 0.25) is 0 Å². The molecule has 148 valence electrons. The lowest BCUT2D eigenvalue weighted by molar-refractivity contribution is -0.122. The van der Waals surface area contributed by atoms with Crippen LogP contribution in [0, 0.1) is 0 Å². The van der Waals surface area contributed by atoms with E-state index in [2.05, 4.69) is 20.3 Å². The van der Waals surface area contributed by atoms with E-state index in [1.165, 1.54) is 0 Å². The molecule has 0 aromatic heterocycles. The summed E-state index contributed by atoms with van der Waals surface area (Å²) in [7, 11) is 0. The van der Waals surface area contributed by atoms with Crippen LogP contribution in [0.15, 0.2) is 47.6 Å². The molecule has 8 heteroatoms. The number of piperazine rings is 1. The van der Waals surface area contributed by atoms with Gasteiger partial charge in [-0.1, -0.05) is 59.1 Å². The number of amides is 1. The number of carbonyl (C=O) groups excluding carboxylic acids is 1. The Kier molecular flexibility index (Phi) is 7.71. The van der Waals surface area contributed by atoms with Crippen LogP contribution in [0.2, 0.25) is 15.1 Å². The van der Waals surface area contributed by atoms with Gasteiger partial charge in [-0.2, -0.15) is 5.10 Å². The molecule has 0 radical (unpaired) electrons. The van der Waals surface area contributed by atoms with Crippen LogP contribution >= 0.6 is 34.8 Å². The van der Waals surface area contributed by atoms with Gasteiger partial charge in [0, 0.05) is 37.7 Å². The van der Waals surface area contributed by atoms with E-state index in [1.807, 2.05) is 24.3 Å². The Bertz CT molecular complexity index is 851. The average molecular weight is 440 g/mol. The fourth-order valence-corrected chi connectivity index (χ4v) is 3.49. The van der Waals surface area contributed by atoms with Crippen LogP contribution < -0.4 is 5.43 Å². The largest absolute Gasteiger partial charge is 0.296 e. The number of rotatable bonds is 6. The van der Waals surface area contributed by atoms with Gasteiger partial charge in [0.05, 0.1) is 22.8 Å². The first-order valence-electron chi connectivity index (χ1n) is 8.96. The maximum Gasteiger partial charge on any atom is 0.254 e. The van der Waals surface area contributed by atoms with Crippen LogP contribution in [-0.2, 0) is 11.3 Å². The molecular weight excluding hydrogens is 419 g/mol. The first-order chi connectivity index (χ1) is 13.5. The van der Waals surface area contributed by atoms with E-state index in [0.29, 0.717) is 16.6 Å². The topological polar surface area (TPSA) is 47.9 Å². The number of nitrogens with zero attached hydrogens (tertiary/aromatic N) is 3. The Balaban J connectivity index is 1.40. The van der Waals surface area contributed by atoms with Gasteiger partial charge in [0.25, 0.3) is 5.91 Å². The predicted octanol–water partition coefficient (Wildman–Crippen LogP) is 3.91. The van der Waals surface area contributed by atoms with Gasteiger partial charge in [-0.3, -0.25) is 14.6 Å². The minimum absolute atomic E-state index is 0.143. The van der Waals surface area contributed by atoms with E-state index in [-0.39, 0.29) is 5.91 Å². The monoisotopic (exact) mass is 438 g/mol. The van der Waals surface area contributed by atoms with E-state index < -0.39 is 0 Å². The fraction of sp³-hybridized carbons (Fsp3) is 0.300. The van der Waals surface area contributed by atoms with Crippen molar-refractivity contribution in [1.29, 1.82) is 0 Å². The maximum atomic E-state index is 12.1. The van der Waals surface area contributed by atoms with Gasteiger partial charge >= 0.3 is 0 Å². The average Bonchev–Trinajstić information content (AvgIpc) is 2.68. The minimum atomic E-state index is -0.143. The summed E-state index contributed by atoms with van der Waals surface area (Å²) in [5.74, 6) is -0.143. The van der Waals surface area contributed by atoms with E-state index in [0.717, 1.165) is 48.9 Å². The highest BCUT2D eigenvalue weighted by Crippen LogP contribution is 2.21. The summed E-state index contributed by atoms with van der Waals surface area (Å²) in [4.78, 5) is 16.6. The third-order valence-electron chi connectivity index (χ3n) is 4.53. The van der Waals surface area contributed by atoms with Crippen molar-refractivity contribution in [2.75, 3.05) is 32.7 Å². The number of hydrogen-bond donors (Lipinski definition) is 1.